The predicted octanol–water partition coefficient (Wildman–Crippen LogP) is 2.15. The molecule has 0 radical (unpaired) electrons. The van der Waals surface area contributed by atoms with Gasteiger partial charge >= 0.3 is 6.03 Å². The van der Waals surface area contributed by atoms with E-state index in [0.29, 0.717) is 12.4 Å². The fraction of sp³-hybridized carbons (Fsp3) is 0.417. The molecule has 3 N–H and O–H groups in total. The van der Waals surface area contributed by atoms with Gasteiger partial charge in [-0.15, -0.1) is 0 Å². The van der Waals surface area contributed by atoms with E-state index in [0.717, 1.165) is 17.0 Å². The number of carbonyl (C=O) groups excluding carboxylic acids is 1. The molecule has 0 atom stereocenters. The Morgan fingerprint density at radius 3 is 2.89 bits per heavy atom. The third-order valence-corrected chi connectivity index (χ3v) is 2.71. The quantitative estimate of drug-likeness (QED) is 0.787. The van der Waals surface area contributed by atoms with Crippen molar-refractivity contribution < 1.29 is 9.32 Å². The molecule has 0 spiro atoms. The van der Waals surface area contributed by atoms with Crippen LogP contribution in [-0.2, 0) is 6.54 Å². The van der Waals surface area contributed by atoms with Gasteiger partial charge in [0, 0.05) is 29.8 Å². The highest BCUT2D eigenvalue weighted by Crippen LogP contribution is 2.17. The van der Waals surface area contributed by atoms with Gasteiger partial charge in [-0.05, 0) is 6.92 Å². The lowest BCUT2D eigenvalue weighted by Gasteiger charge is -2.04. The third kappa shape index (κ3) is 3.34. The summed E-state index contributed by atoms with van der Waals surface area (Å²) in [5.41, 5.74) is 1.88. The zero-order valence-corrected chi connectivity index (χ0v) is 11.2. The Bertz CT molecular complexity index is 558. The minimum absolute atomic E-state index is 0.236. The van der Waals surface area contributed by atoms with E-state index in [2.05, 4.69) is 26.0 Å². The van der Waals surface area contributed by atoms with Crippen LogP contribution in [0, 0.1) is 6.92 Å². The van der Waals surface area contributed by atoms with Gasteiger partial charge in [0.1, 0.15) is 5.76 Å². The summed E-state index contributed by atoms with van der Waals surface area (Å²) in [6.45, 7) is 6.29. The van der Waals surface area contributed by atoms with E-state index in [1.165, 1.54) is 0 Å². The normalized spacial score (nSPS) is 10.7. The van der Waals surface area contributed by atoms with Crippen molar-refractivity contribution in [1.29, 1.82) is 0 Å². The second kappa shape index (κ2) is 5.55. The van der Waals surface area contributed by atoms with E-state index in [-0.39, 0.29) is 11.9 Å². The van der Waals surface area contributed by atoms with Gasteiger partial charge in [0.15, 0.2) is 5.82 Å². The van der Waals surface area contributed by atoms with Crippen molar-refractivity contribution in [2.45, 2.75) is 33.2 Å². The second-order valence-corrected chi connectivity index (χ2v) is 4.60. The second-order valence-electron chi connectivity index (χ2n) is 4.60. The highest BCUT2D eigenvalue weighted by atomic mass is 16.5. The van der Waals surface area contributed by atoms with Crippen LogP contribution in [0.4, 0.5) is 10.6 Å². The Morgan fingerprint density at radius 2 is 2.32 bits per heavy atom. The molecule has 0 unspecified atom stereocenters. The van der Waals surface area contributed by atoms with Crippen LogP contribution in [-0.4, -0.2) is 21.4 Å². The van der Waals surface area contributed by atoms with E-state index in [1.807, 2.05) is 20.8 Å². The highest BCUT2D eigenvalue weighted by Gasteiger charge is 2.10. The third-order valence-electron chi connectivity index (χ3n) is 2.71. The van der Waals surface area contributed by atoms with Gasteiger partial charge in [0.05, 0.1) is 6.20 Å². The number of urea groups is 1. The van der Waals surface area contributed by atoms with Crippen molar-refractivity contribution in [3.05, 3.63) is 29.3 Å². The molecule has 2 amide bonds. The fourth-order valence-corrected chi connectivity index (χ4v) is 1.51. The lowest BCUT2D eigenvalue weighted by atomic mass is 10.2. The van der Waals surface area contributed by atoms with Crippen molar-refractivity contribution >= 4 is 11.8 Å². The average Bonchev–Trinajstić information content (AvgIpc) is 2.96. The molecular weight excluding hydrogens is 246 g/mol. The van der Waals surface area contributed by atoms with Crippen molar-refractivity contribution in [2.24, 2.45) is 0 Å². The molecular formula is C12H17N5O2. The van der Waals surface area contributed by atoms with Crippen LogP contribution >= 0.6 is 0 Å². The zero-order chi connectivity index (χ0) is 13.8. The molecule has 7 heteroatoms. The SMILES string of the molecule is Cc1[nH]ncc1CNC(=O)Nc1cc(C(C)C)on1. The van der Waals surface area contributed by atoms with Crippen LogP contribution in [0.15, 0.2) is 16.8 Å². The molecule has 2 aromatic heterocycles. The summed E-state index contributed by atoms with van der Waals surface area (Å²) in [6.07, 6.45) is 1.68. The molecule has 0 aromatic carbocycles. The number of H-pyrrole nitrogens is 1. The lowest BCUT2D eigenvalue weighted by molar-refractivity contribution is 0.251. The summed E-state index contributed by atoms with van der Waals surface area (Å²) in [6, 6.07) is 1.39. The number of amides is 2. The molecule has 2 rings (SSSR count). The van der Waals surface area contributed by atoms with Crippen molar-refractivity contribution in [3.63, 3.8) is 0 Å². The number of carbonyl (C=O) groups is 1. The summed E-state index contributed by atoms with van der Waals surface area (Å²) in [5, 5.41) is 15.8. The van der Waals surface area contributed by atoms with Crippen LogP contribution in [0.5, 0.6) is 0 Å². The van der Waals surface area contributed by atoms with E-state index < -0.39 is 0 Å². The van der Waals surface area contributed by atoms with E-state index in [1.54, 1.807) is 12.3 Å². The summed E-state index contributed by atoms with van der Waals surface area (Å²) < 4.78 is 5.09. The molecule has 0 bridgehead atoms. The number of rotatable bonds is 4. The molecule has 0 aliphatic rings. The number of aromatic amines is 1. The first kappa shape index (κ1) is 13.1. The van der Waals surface area contributed by atoms with E-state index in [9.17, 15) is 4.79 Å². The maximum Gasteiger partial charge on any atom is 0.320 e. The fourth-order valence-electron chi connectivity index (χ4n) is 1.51. The van der Waals surface area contributed by atoms with Crippen LogP contribution in [0.25, 0.3) is 0 Å². The minimum Gasteiger partial charge on any atom is -0.359 e. The number of hydrogen-bond donors (Lipinski definition) is 3. The van der Waals surface area contributed by atoms with Crippen LogP contribution in [0.3, 0.4) is 0 Å². The van der Waals surface area contributed by atoms with Crippen molar-refractivity contribution in [1.82, 2.24) is 20.7 Å². The first-order chi connectivity index (χ1) is 9.06. The Balaban J connectivity index is 1.85. The summed E-state index contributed by atoms with van der Waals surface area (Å²) >= 11 is 0. The summed E-state index contributed by atoms with van der Waals surface area (Å²) in [4.78, 5) is 11.7. The van der Waals surface area contributed by atoms with E-state index >= 15 is 0 Å². The Labute approximate surface area is 110 Å². The van der Waals surface area contributed by atoms with Gasteiger partial charge in [0.2, 0.25) is 0 Å². The first-order valence-electron chi connectivity index (χ1n) is 6.06. The Kier molecular flexibility index (Phi) is 3.84. The average molecular weight is 263 g/mol. The Morgan fingerprint density at radius 1 is 1.53 bits per heavy atom. The maximum atomic E-state index is 11.7. The predicted molar refractivity (Wildman–Crippen MR) is 69.8 cm³/mol. The van der Waals surface area contributed by atoms with Gasteiger partial charge in [-0.3, -0.25) is 10.4 Å². The summed E-state index contributed by atoms with van der Waals surface area (Å²) in [5.74, 6) is 1.38. The molecule has 0 saturated carbocycles. The smallest absolute Gasteiger partial charge is 0.320 e. The zero-order valence-electron chi connectivity index (χ0n) is 11.2. The number of aromatic nitrogens is 3. The summed E-state index contributed by atoms with van der Waals surface area (Å²) in [7, 11) is 0. The first-order valence-corrected chi connectivity index (χ1v) is 6.06. The molecule has 7 nitrogen and oxygen atoms in total. The number of aryl methyl sites for hydroxylation is 1. The Hall–Kier alpha value is -2.31. The van der Waals surface area contributed by atoms with Crippen LogP contribution < -0.4 is 10.6 Å². The van der Waals surface area contributed by atoms with Crippen LogP contribution in [0.1, 0.15) is 36.8 Å². The van der Waals surface area contributed by atoms with Crippen LogP contribution in [0.2, 0.25) is 0 Å². The molecule has 2 heterocycles. The largest absolute Gasteiger partial charge is 0.359 e. The van der Waals surface area contributed by atoms with Gasteiger partial charge in [0.25, 0.3) is 0 Å². The number of nitrogens with zero attached hydrogens (tertiary/aromatic N) is 2. The van der Waals surface area contributed by atoms with Gasteiger partial charge < -0.3 is 9.84 Å². The number of nitrogens with one attached hydrogen (secondary N) is 3. The van der Waals surface area contributed by atoms with Gasteiger partial charge in [-0.2, -0.15) is 5.10 Å². The minimum atomic E-state index is -0.329. The topological polar surface area (TPSA) is 95.8 Å². The van der Waals surface area contributed by atoms with E-state index in [4.69, 9.17) is 4.52 Å². The molecule has 0 aliphatic heterocycles. The van der Waals surface area contributed by atoms with Crippen molar-refractivity contribution in [2.75, 3.05) is 5.32 Å². The number of hydrogen-bond acceptors (Lipinski definition) is 4. The molecule has 0 saturated heterocycles. The molecule has 0 fully saturated rings. The number of anilines is 1. The standard InChI is InChI=1S/C12H17N5O2/c1-7(2)10-4-11(17-19-10)15-12(18)13-5-9-6-14-16-8(9)3/h4,6-7H,5H2,1-3H3,(H,14,16)(H2,13,15,17,18). The maximum absolute atomic E-state index is 11.7. The molecule has 0 aliphatic carbocycles. The van der Waals surface area contributed by atoms with Gasteiger partial charge in [-0.25, -0.2) is 4.79 Å². The molecule has 102 valence electrons. The monoisotopic (exact) mass is 263 g/mol. The highest BCUT2D eigenvalue weighted by molar-refractivity contribution is 5.88. The van der Waals surface area contributed by atoms with Crippen molar-refractivity contribution in [3.8, 4) is 0 Å². The van der Waals surface area contributed by atoms with Gasteiger partial charge in [-0.1, -0.05) is 19.0 Å². The molecule has 19 heavy (non-hydrogen) atoms. The molecule has 2 aromatic rings. The lowest BCUT2D eigenvalue weighted by Crippen LogP contribution is -2.28.